The first kappa shape index (κ1) is 23.3. The van der Waals surface area contributed by atoms with Crippen molar-refractivity contribution in [2.24, 2.45) is 0 Å². The lowest BCUT2D eigenvalue weighted by Crippen LogP contribution is -2.12. The van der Waals surface area contributed by atoms with Crippen LogP contribution in [0.15, 0.2) is 54.9 Å². The summed E-state index contributed by atoms with van der Waals surface area (Å²) in [7, 11) is 0. The van der Waals surface area contributed by atoms with Gasteiger partial charge in [0.25, 0.3) is 5.91 Å². The number of ketones is 1. The summed E-state index contributed by atoms with van der Waals surface area (Å²) in [6, 6.07) is 12.1. The second-order valence-electron chi connectivity index (χ2n) is 7.96. The maximum absolute atomic E-state index is 13.0. The highest BCUT2D eigenvalue weighted by Gasteiger charge is 2.18. The molecule has 174 valence electrons. The van der Waals surface area contributed by atoms with E-state index < -0.39 is 5.97 Å². The number of halogens is 1. The molecule has 4 rings (SSSR count). The van der Waals surface area contributed by atoms with E-state index in [0.29, 0.717) is 39.2 Å². The standard InChI is InChI=1S/C25H23ClN4O4/c1-3-4-23(31)20-12-27-30(15(20)2)18-8-6-17(7-9-18)28-25(34)21-13-29(14-24(32)33)22-10-5-16(26)11-19(21)22/h5-13H,3-4,14H2,1-2H3,(H,28,34)(H,32,33). The number of carboxylic acid groups (broad SMARTS) is 1. The number of rotatable bonds is 8. The van der Waals surface area contributed by atoms with Crippen LogP contribution < -0.4 is 5.32 Å². The third-order valence-electron chi connectivity index (χ3n) is 5.55. The summed E-state index contributed by atoms with van der Waals surface area (Å²) in [6.45, 7) is 3.54. The number of hydrogen-bond donors (Lipinski definition) is 2. The number of nitrogens with one attached hydrogen (secondary N) is 1. The summed E-state index contributed by atoms with van der Waals surface area (Å²) in [5.74, 6) is -1.33. The monoisotopic (exact) mass is 478 g/mol. The van der Waals surface area contributed by atoms with Crippen molar-refractivity contribution in [1.82, 2.24) is 14.3 Å². The molecule has 0 saturated heterocycles. The number of hydrogen-bond acceptors (Lipinski definition) is 4. The number of carboxylic acids is 1. The van der Waals surface area contributed by atoms with Crippen LogP contribution in [0.25, 0.3) is 16.6 Å². The largest absolute Gasteiger partial charge is 0.480 e. The molecule has 0 aliphatic heterocycles. The van der Waals surface area contributed by atoms with Gasteiger partial charge in [0.05, 0.1) is 28.7 Å². The zero-order valence-electron chi connectivity index (χ0n) is 18.7. The summed E-state index contributed by atoms with van der Waals surface area (Å²) in [5.41, 5.74) is 3.62. The van der Waals surface area contributed by atoms with Crippen molar-refractivity contribution in [2.45, 2.75) is 33.2 Å². The van der Waals surface area contributed by atoms with E-state index in [9.17, 15) is 19.5 Å². The minimum absolute atomic E-state index is 0.0669. The van der Waals surface area contributed by atoms with Crippen LogP contribution >= 0.6 is 11.6 Å². The highest BCUT2D eigenvalue weighted by atomic mass is 35.5. The van der Waals surface area contributed by atoms with Crippen LogP contribution in [0.2, 0.25) is 5.02 Å². The summed E-state index contributed by atoms with van der Waals surface area (Å²) in [5, 5.41) is 17.4. The molecule has 0 radical (unpaired) electrons. The molecule has 8 nitrogen and oxygen atoms in total. The Hall–Kier alpha value is -3.91. The predicted octanol–water partition coefficient (Wildman–Crippen LogP) is 5.11. The van der Waals surface area contributed by atoms with E-state index in [1.165, 1.54) is 10.8 Å². The fourth-order valence-electron chi connectivity index (χ4n) is 3.92. The van der Waals surface area contributed by atoms with Gasteiger partial charge in [-0.3, -0.25) is 14.4 Å². The Morgan fingerprint density at radius 3 is 2.50 bits per heavy atom. The number of fused-ring (bicyclic) bond motifs is 1. The van der Waals surface area contributed by atoms with Gasteiger partial charge in [0.1, 0.15) is 6.54 Å². The fourth-order valence-corrected chi connectivity index (χ4v) is 4.09. The lowest BCUT2D eigenvalue weighted by Gasteiger charge is -2.08. The van der Waals surface area contributed by atoms with Crippen molar-refractivity contribution in [3.05, 3.63) is 76.7 Å². The molecular formula is C25H23ClN4O4. The van der Waals surface area contributed by atoms with Crippen molar-refractivity contribution in [3.8, 4) is 5.69 Å². The molecule has 4 aromatic rings. The summed E-state index contributed by atoms with van der Waals surface area (Å²) in [4.78, 5) is 36.5. The summed E-state index contributed by atoms with van der Waals surface area (Å²) >= 11 is 6.11. The maximum atomic E-state index is 13.0. The lowest BCUT2D eigenvalue weighted by molar-refractivity contribution is -0.137. The SMILES string of the molecule is CCCC(=O)c1cnn(-c2ccc(NC(=O)c3cn(CC(=O)O)c4ccc(Cl)cc34)cc2)c1C. The highest BCUT2D eigenvalue weighted by Crippen LogP contribution is 2.26. The zero-order chi connectivity index (χ0) is 24.4. The normalized spacial score (nSPS) is 11.0. The van der Waals surface area contributed by atoms with Gasteiger partial charge in [0.15, 0.2) is 5.78 Å². The first-order valence-electron chi connectivity index (χ1n) is 10.8. The Morgan fingerprint density at radius 2 is 1.82 bits per heavy atom. The van der Waals surface area contributed by atoms with Gasteiger partial charge in [-0.2, -0.15) is 5.10 Å². The second kappa shape index (κ2) is 9.52. The molecule has 34 heavy (non-hydrogen) atoms. The van der Waals surface area contributed by atoms with E-state index in [2.05, 4.69) is 10.4 Å². The van der Waals surface area contributed by atoms with Crippen molar-refractivity contribution in [1.29, 1.82) is 0 Å². The Morgan fingerprint density at radius 1 is 1.09 bits per heavy atom. The number of anilines is 1. The Bertz CT molecular complexity index is 1400. The summed E-state index contributed by atoms with van der Waals surface area (Å²) in [6.07, 6.45) is 4.35. The Labute approximate surface area is 200 Å². The Balaban J connectivity index is 1.57. The van der Waals surface area contributed by atoms with Crippen LogP contribution in [0.3, 0.4) is 0 Å². The van der Waals surface area contributed by atoms with Gasteiger partial charge in [-0.15, -0.1) is 0 Å². The van der Waals surface area contributed by atoms with Crippen molar-refractivity contribution < 1.29 is 19.5 Å². The average Bonchev–Trinajstić information content (AvgIpc) is 3.34. The van der Waals surface area contributed by atoms with Crippen LogP contribution in [0, 0.1) is 6.92 Å². The van der Waals surface area contributed by atoms with Crippen LogP contribution in [0.5, 0.6) is 0 Å². The van der Waals surface area contributed by atoms with E-state index in [1.54, 1.807) is 53.3 Å². The number of amides is 1. The second-order valence-corrected chi connectivity index (χ2v) is 8.39. The highest BCUT2D eigenvalue weighted by molar-refractivity contribution is 6.31. The van der Waals surface area contributed by atoms with E-state index >= 15 is 0 Å². The lowest BCUT2D eigenvalue weighted by atomic mass is 10.1. The van der Waals surface area contributed by atoms with Gasteiger partial charge in [-0.25, -0.2) is 4.68 Å². The third-order valence-corrected chi connectivity index (χ3v) is 5.79. The smallest absolute Gasteiger partial charge is 0.323 e. The molecule has 2 N–H and O–H groups in total. The first-order valence-corrected chi connectivity index (χ1v) is 11.2. The number of carbonyl (C=O) groups excluding carboxylic acids is 2. The van der Waals surface area contributed by atoms with E-state index in [1.807, 2.05) is 13.8 Å². The third kappa shape index (κ3) is 4.58. The molecule has 0 aliphatic carbocycles. The number of aromatic nitrogens is 3. The van der Waals surface area contributed by atoms with Gasteiger partial charge in [-0.05, 0) is 55.8 Å². The number of benzene rings is 2. The van der Waals surface area contributed by atoms with E-state index in [0.717, 1.165) is 17.8 Å². The van der Waals surface area contributed by atoms with Crippen LogP contribution in [-0.2, 0) is 11.3 Å². The molecule has 0 saturated carbocycles. The molecule has 2 aromatic carbocycles. The topological polar surface area (TPSA) is 106 Å². The van der Waals surface area contributed by atoms with Crippen molar-refractivity contribution in [3.63, 3.8) is 0 Å². The number of Topliss-reactive ketones (excluding diaryl/α,β-unsaturated/α-hetero) is 1. The van der Waals surface area contributed by atoms with Crippen LogP contribution in [0.4, 0.5) is 5.69 Å². The number of nitrogens with zero attached hydrogens (tertiary/aromatic N) is 3. The van der Waals surface area contributed by atoms with E-state index in [4.69, 9.17) is 11.6 Å². The van der Waals surface area contributed by atoms with Crippen molar-refractivity contribution >= 4 is 45.9 Å². The fraction of sp³-hybridized carbons (Fsp3) is 0.200. The van der Waals surface area contributed by atoms with Gasteiger partial charge in [0.2, 0.25) is 0 Å². The zero-order valence-corrected chi connectivity index (χ0v) is 19.5. The van der Waals surface area contributed by atoms with Gasteiger partial charge in [-0.1, -0.05) is 18.5 Å². The predicted molar refractivity (Wildman–Crippen MR) is 130 cm³/mol. The van der Waals surface area contributed by atoms with Gasteiger partial charge >= 0.3 is 5.97 Å². The maximum Gasteiger partial charge on any atom is 0.323 e. The van der Waals surface area contributed by atoms with Crippen molar-refractivity contribution in [2.75, 3.05) is 5.32 Å². The molecule has 0 atom stereocenters. The van der Waals surface area contributed by atoms with Gasteiger partial charge in [0, 0.05) is 34.2 Å². The number of aliphatic carboxylic acids is 1. The average molecular weight is 479 g/mol. The molecule has 9 heteroatoms. The molecule has 0 spiro atoms. The Kier molecular flexibility index (Phi) is 6.51. The minimum Gasteiger partial charge on any atom is -0.480 e. The van der Waals surface area contributed by atoms with E-state index in [-0.39, 0.29) is 18.2 Å². The minimum atomic E-state index is -1.01. The first-order chi connectivity index (χ1) is 16.3. The molecule has 0 fully saturated rings. The molecule has 0 bridgehead atoms. The van der Waals surface area contributed by atoms with Crippen LogP contribution in [-0.4, -0.2) is 37.1 Å². The molecule has 1 amide bonds. The van der Waals surface area contributed by atoms with Crippen LogP contribution in [0.1, 0.15) is 46.2 Å². The molecule has 2 heterocycles. The number of carbonyl (C=O) groups is 3. The molecule has 0 unspecified atom stereocenters. The molecule has 2 aromatic heterocycles. The quantitative estimate of drug-likeness (QED) is 0.342. The molecular weight excluding hydrogens is 456 g/mol. The van der Waals surface area contributed by atoms with Gasteiger partial charge < -0.3 is 15.0 Å². The summed E-state index contributed by atoms with van der Waals surface area (Å²) < 4.78 is 3.19. The molecule has 0 aliphatic rings.